The van der Waals surface area contributed by atoms with Gasteiger partial charge in [0.25, 0.3) is 0 Å². The molecule has 0 bridgehead atoms. The van der Waals surface area contributed by atoms with Crippen LogP contribution in [0.1, 0.15) is 12.5 Å². The van der Waals surface area contributed by atoms with Crippen LogP contribution in [0.15, 0.2) is 56.7 Å². The van der Waals surface area contributed by atoms with Crippen LogP contribution in [-0.2, 0) is 4.79 Å². The molecule has 4 heteroatoms. The highest BCUT2D eigenvalue weighted by molar-refractivity contribution is 9.10. The lowest BCUT2D eigenvalue weighted by Crippen LogP contribution is -2.06. The van der Waals surface area contributed by atoms with Crippen molar-refractivity contribution in [2.45, 2.75) is 23.6 Å². The van der Waals surface area contributed by atoms with Crippen molar-refractivity contribution >= 4 is 39.3 Å². The molecule has 0 radical (unpaired) electrons. The molecule has 1 amide bonds. The molecule has 0 unspecified atom stereocenters. The normalized spacial score (nSPS) is 10.3. The molecule has 19 heavy (non-hydrogen) atoms. The summed E-state index contributed by atoms with van der Waals surface area (Å²) in [4.78, 5) is 13.4. The number of carbonyl (C=O) groups is 1. The van der Waals surface area contributed by atoms with Crippen molar-refractivity contribution < 1.29 is 4.79 Å². The molecule has 0 atom stereocenters. The number of rotatable bonds is 3. The zero-order chi connectivity index (χ0) is 13.8. The zero-order valence-corrected chi connectivity index (χ0v) is 13.1. The molecule has 2 nitrogen and oxygen atoms in total. The average Bonchev–Trinajstić information content (AvgIpc) is 2.35. The van der Waals surface area contributed by atoms with Crippen molar-refractivity contribution in [3.05, 3.63) is 52.5 Å². The van der Waals surface area contributed by atoms with Crippen LogP contribution in [0.5, 0.6) is 0 Å². The van der Waals surface area contributed by atoms with Crippen molar-refractivity contribution in [1.82, 2.24) is 0 Å². The van der Waals surface area contributed by atoms with Crippen LogP contribution in [0.3, 0.4) is 0 Å². The quantitative estimate of drug-likeness (QED) is 0.867. The standard InChI is InChI=1S/C15H14BrNOS/c1-10-3-8-14(17-11(2)18)15(9-10)19-13-6-4-12(16)5-7-13/h3-9H,1-2H3,(H,17,18). The number of aryl methyl sites for hydroxylation is 1. The minimum absolute atomic E-state index is 0.0542. The van der Waals surface area contributed by atoms with Gasteiger partial charge < -0.3 is 5.32 Å². The van der Waals surface area contributed by atoms with Gasteiger partial charge in [0.05, 0.1) is 5.69 Å². The first-order valence-electron chi connectivity index (χ1n) is 5.86. The van der Waals surface area contributed by atoms with E-state index in [9.17, 15) is 4.79 Å². The number of halogens is 1. The van der Waals surface area contributed by atoms with Crippen LogP contribution in [-0.4, -0.2) is 5.91 Å². The fourth-order valence-electron chi connectivity index (χ4n) is 1.64. The van der Waals surface area contributed by atoms with Crippen molar-refractivity contribution in [3.63, 3.8) is 0 Å². The number of hydrogen-bond donors (Lipinski definition) is 1. The smallest absolute Gasteiger partial charge is 0.221 e. The topological polar surface area (TPSA) is 29.1 Å². The summed E-state index contributed by atoms with van der Waals surface area (Å²) in [6, 6.07) is 14.1. The lowest BCUT2D eigenvalue weighted by Gasteiger charge is -2.10. The number of nitrogens with one attached hydrogen (secondary N) is 1. The maximum atomic E-state index is 11.2. The van der Waals surface area contributed by atoms with E-state index in [4.69, 9.17) is 0 Å². The molecule has 0 saturated carbocycles. The molecule has 0 aliphatic heterocycles. The predicted octanol–water partition coefficient (Wildman–Crippen LogP) is 4.87. The Kier molecular flexibility index (Phi) is 4.66. The maximum Gasteiger partial charge on any atom is 0.221 e. The Morgan fingerprint density at radius 3 is 2.47 bits per heavy atom. The summed E-state index contributed by atoms with van der Waals surface area (Å²) in [5, 5.41) is 2.86. The zero-order valence-electron chi connectivity index (χ0n) is 10.7. The predicted molar refractivity (Wildman–Crippen MR) is 83.7 cm³/mol. The molecular weight excluding hydrogens is 322 g/mol. The molecule has 0 spiro atoms. The van der Waals surface area contributed by atoms with Gasteiger partial charge in [-0.05, 0) is 48.9 Å². The molecule has 0 aliphatic rings. The Balaban J connectivity index is 2.29. The number of anilines is 1. The summed E-state index contributed by atoms with van der Waals surface area (Å²) in [5.41, 5.74) is 2.03. The molecule has 0 aromatic heterocycles. The van der Waals surface area contributed by atoms with Crippen LogP contribution in [0.4, 0.5) is 5.69 Å². The summed E-state index contributed by atoms with van der Waals surface area (Å²) in [5.74, 6) is -0.0542. The Labute approximate surface area is 125 Å². The van der Waals surface area contributed by atoms with Gasteiger partial charge in [0.15, 0.2) is 0 Å². The Bertz CT molecular complexity index is 596. The minimum atomic E-state index is -0.0542. The van der Waals surface area contributed by atoms with Gasteiger partial charge in [-0.2, -0.15) is 0 Å². The van der Waals surface area contributed by atoms with Gasteiger partial charge in [0, 0.05) is 21.2 Å². The molecule has 2 rings (SSSR count). The third kappa shape index (κ3) is 4.11. The number of carbonyl (C=O) groups excluding carboxylic acids is 1. The largest absolute Gasteiger partial charge is 0.325 e. The summed E-state index contributed by atoms with van der Waals surface area (Å²) < 4.78 is 1.06. The molecule has 2 aromatic rings. The van der Waals surface area contributed by atoms with E-state index in [-0.39, 0.29) is 5.91 Å². The monoisotopic (exact) mass is 335 g/mol. The second-order valence-electron chi connectivity index (χ2n) is 4.24. The average molecular weight is 336 g/mol. The van der Waals surface area contributed by atoms with Crippen molar-refractivity contribution in [1.29, 1.82) is 0 Å². The van der Waals surface area contributed by atoms with E-state index in [0.717, 1.165) is 20.0 Å². The third-order valence-electron chi connectivity index (χ3n) is 2.49. The molecule has 0 saturated heterocycles. The lowest BCUT2D eigenvalue weighted by atomic mass is 10.2. The van der Waals surface area contributed by atoms with Crippen LogP contribution >= 0.6 is 27.7 Å². The van der Waals surface area contributed by atoms with Gasteiger partial charge >= 0.3 is 0 Å². The minimum Gasteiger partial charge on any atom is -0.325 e. The maximum absolute atomic E-state index is 11.2. The second-order valence-corrected chi connectivity index (χ2v) is 6.27. The first kappa shape index (κ1) is 14.2. The van der Waals surface area contributed by atoms with E-state index >= 15 is 0 Å². The van der Waals surface area contributed by atoms with Crippen molar-refractivity contribution in [3.8, 4) is 0 Å². The SMILES string of the molecule is CC(=O)Nc1ccc(C)cc1Sc1ccc(Br)cc1. The first-order valence-corrected chi connectivity index (χ1v) is 7.47. The van der Waals surface area contributed by atoms with Gasteiger partial charge in [-0.3, -0.25) is 4.79 Å². The summed E-state index contributed by atoms with van der Waals surface area (Å²) in [6.45, 7) is 3.57. The number of amides is 1. The fraction of sp³-hybridized carbons (Fsp3) is 0.133. The fourth-order valence-corrected chi connectivity index (χ4v) is 2.90. The number of benzene rings is 2. The van der Waals surface area contributed by atoms with E-state index in [2.05, 4.69) is 39.4 Å². The molecular formula is C15H14BrNOS. The van der Waals surface area contributed by atoms with Gasteiger partial charge in [0.2, 0.25) is 5.91 Å². The van der Waals surface area contributed by atoms with E-state index in [0.29, 0.717) is 0 Å². The molecule has 0 heterocycles. The Morgan fingerprint density at radius 1 is 1.16 bits per heavy atom. The first-order chi connectivity index (χ1) is 9.04. The highest BCUT2D eigenvalue weighted by Gasteiger charge is 2.06. The van der Waals surface area contributed by atoms with Crippen LogP contribution in [0.25, 0.3) is 0 Å². The van der Waals surface area contributed by atoms with Gasteiger partial charge in [0.1, 0.15) is 0 Å². The van der Waals surface area contributed by atoms with E-state index < -0.39 is 0 Å². The molecule has 0 aliphatic carbocycles. The third-order valence-corrected chi connectivity index (χ3v) is 4.08. The van der Waals surface area contributed by atoms with E-state index in [1.807, 2.05) is 31.2 Å². The summed E-state index contributed by atoms with van der Waals surface area (Å²) in [6.07, 6.45) is 0. The van der Waals surface area contributed by atoms with Crippen molar-refractivity contribution in [2.24, 2.45) is 0 Å². The Morgan fingerprint density at radius 2 is 1.84 bits per heavy atom. The lowest BCUT2D eigenvalue weighted by molar-refractivity contribution is -0.114. The highest BCUT2D eigenvalue weighted by atomic mass is 79.9. The second kappa shape index (κ2) is 6.26. The summed E-state index contributed by atoms with van der Waals surface area (Å²) in [7, 11) is 0. The van der Waals surface area contributed by atoms with Gasteiger partial charge in [-0.15, -0.1) is 0 Å². The Hall–Kier alpha value is -1.26. The van der Waals surface area contributed by atoms with E-state index in [1.165, 1.54) is 12.5 Å². The van der Waals surface area contributed by atoms with Crippen molar-refractivity contribution in [2.75, 3.05) is 5.32 Å². The van der Waals surface area contributed by atoms with Crippen LogP contribution in [0, 0.1) is 6.92 Å². The number of hydrogen-bond acceptors (Lipinski definition) is 2. The van der Waals surface area contributed by atoms with Crippen LogP contribution < -0.4 is 5.32 Å². The van der Waals surface area contributed by atoms with Gasteiger partial charge in [-0.25, -0.2) is 0 Å². The highest BCUT2D eigenvalue weighted by Crippen LogP contribution is 2.34. The molecule has 2 aromatic carbocycles. The van der Waals surface area contributed by atoms with E-state index in [1.54, 1.807) is 11.8 Å². The van der Waals surface area contributed by atoms with Gasteiger partial charge in [-0.1, -0.05) is 33.8 Å². The summed E-state index contributed by atoms with van der Waals surface area (Å²) >= 11 is 5.07. The molecule has 0 fully saturated rings. The molecule has 98 valence electrons. The molecule has 1 N–H and O–H groups in total. The van der Waals surface area contributed by atoms with Crippen LogP contribution in [0.2, 0.25) is 0 Å².